The van der Waals surface area contributed by atoms with Gasteiger partial charge in [-0.15, -0.1) is 0 Å². The van der Waals surface area contributed by atoms with Crippen LogP contribution in [0.3, 0.4) is 0 Å². The van der Waals surface area contributed by atoms with Crippen molar-refractivity contribution in [2.24, 2.45) is 0 Å². The van der Waals surface area contributed by atoms with Crippen LogP contribution in [0.15, 0.2) is 57.7 Å². The minimum Gasteiger partial charge on any atom is -0.484 e. The molecule has 9 heteroatoms. The molecular weight excluding hydrogens is 470 g/mol. The number of amides is 1. The van der Waals surface area contributed by atoms with Crippen molar-refractivity contribution in [2.75, 3.05) is 18.1 Å². The predicted molar refractivity (Wildman–Crippen MR) is 133 cm³/mol. The van der Waals surface area contributed by atoms with Gasteiger partial charge in [-0.25, -0.2) is 8.42 Å². The Morgan fingerprint density at radius 1 is 1.17 bits per heavy atom. The molecule has 2 aromatic carbocycles. The molecule has 3 aromatic rings. The van der Waals surface area contributed by atoms with Gasteiger partial charge in [0.25, 0.3) is 5.91 Å². The molecule has 0 spiro atoms. The number of para-hydroxylation sites is 1. The maximum atomic E-state index is 13.0. The predicted octanol–water partition coefficient (Wildman–Crippen LogP) is 4.09. The Bertz CT molecular complexity index is 1380. The van der Waals surface area contributed by atoms with Crippen LogP contribution in [0.4, 0.5) is 0 Å². The summed E-state index contributed by atoms with van der Waals surface area (Å²) in [5.41, 5.74) is 0.0131. The summed E-state index contributed by atoms with van der Waals surface area (Å²) in [5.74, 6) is 1.14. The van der Waals surface area contributed by atoms with E-state index in [-0.39, 0.29) is 47.3 Å². The number of carbonyl (C=O) groups excluding carboxylic acids is 1. The average molecular weight is 500 g/mol. The molecule has 0 aliphatic carbocycles. The van der Waals surface area contributed by atoms with E-state index < -0.39 is 9.84 Å². The highest BCUT2D eigenvalue weighted by Crippen LogP contribution is 2.27. The zero-order valence-corrected chi connectivity index (χ0v) is 20.8. The van der Waals surface area contributed by atoms with Crippen molar-refractivity contribution in [3.05, 3.63) is 64.5 Å². The summed E-state index contributed by atoms with van der Waals surface area (Å²) in [6.45, 7) is 5.27. The lowest BCUT2D eigenvalue weighted by Gasteiger charge is -2.33. The fourth-order valence-electron chi connectivity index (χ4n) is 4.30. The van der Waals surface area contributed by atoms with E-state index in [2.05, 4.69) is 0 Å². The zero-order valence-electron chi connectivity index (χ0n) is 20.0. The first-order valence-corrected chi connectivity index (χ1v) is 13.5. The summed E-state index contributed by atoms with van der Waals surface area (Å²) < 4.78 is 41.2. The molecule has 0 saturated carbocycles. The highest BCUT2D eigenvalue weighted by atomic mass is 32.2. The van der Waals surface area contributed by atoms with Crippen LogP contribution >= 0.6 is 0 Å². The number of ether oxygens (including phenoxy) is 2. The van der Waals surface area contributed by atoms with Crippen molar-refractivity contribution in [2.45, 2.75) is 45.7 Å². The van der Waals surface area contributed by atoms with Gasteiger partial charge in [0.05, 0.1) is 16.9 Å². The number of hydrogen-bond acceptors (Lipinski definition) is 7. The van der Waals surface area contributed by atoms with Crippen molar-refractivity contribution in [1.29, 1.82) is 0 Å². The lowest BCUT2D eigenvalue weighted by Crippen LogP contribution is -2.48. The number of carbonyl (C=O) groups is 1. The second kappa shape index (κ2) is 10.1. The number of rotatable bonds is 8. The maximum absolute atomic E-state index is 13.0. The van der Waals surface area contributed by atoms with Gasteiger partial charge in [-0.3, -0.25) is 9.59 Å². The Hall–Kier alpha value is -3.33. The highest BCUT2D eigenvalue weighted by molar-refractivity contribution is 7.91. The molecule has 1 aliphatic rings. The summed E-state index contributed by atoms with van der Waals surface area (Å²) in [5, 5.41) is 0.331. The largest absolute Gasteiger partial charge is 0.484 e. The van der Waals surface area contributed by atoms with E-state index in [0.29, 0.717) is 41.1 Å². The van der Waals surface area contributed by atoms with Gasteiger partial charge in [0, 0.05) is 18.2 Å². The van der Waals surface area contributed by atoms with Crippen LogP contribution in [0.5, 0.6) is 17.2 Å². The average Bonchev–Trinajstić information content (AvgIpc) is 3.19. The first kappa shape index (κ1) is 24.8. The second-order valence-corrected chi connectivity index (χ2v) is 11.0. The molecule has 1 fully saturated rings. The zero-order chi connectivity index (χ0) is 25.2. The van der Waals surface area contributed by atoms with Crippen molar-refractivity contribution in [3.8, 4) is 17.2 Å². The lowest BCUT2D eigenvalue weighted by molar-refractivity contribution is -0.137. The van der Waals surface area contributed by atoms with Gasteiger partial charge in [0.2, 0.25) is 11.2 Å². The fraction of sp³-hybridized carbons (Fsp3) is 0.385. The minimum absolute atomic E-state index is 0.0170. The van der Waals surface area contributed by atoms with Crippen molar-refractivity contribution >= 4 is 26.7 Å². The Balaban J connectivity index is 1.52. The summed E-state index contributed by atoms with van der Waals surface area (Å²) >= 11 is 0. The van der Waals surface area contributed by atoms with Gasteiger partial charge < -0.3 is 18.8 Å². The molecule has 0 bridgehead atoms. The number of sulfone groups is 1. The van der Waals surface area contributed by atoms with E-state index in [9.17, 15) is 18.0 Å². The molecule has 2 atom stereocenters. The summed E-state index contributed by atoms with van der Waals surface area (Å²) in [4.78, 5) is 27.7. The fourth-order valence-corrected chi connectivity index (χ4v) is 6.01. The van der Waals surface area contributed by atoms with E-state index in [1.807, 2.05) is 32.0 Å². The van der Waals surface area contributed by atoms with Crippen LogP contribution in [0, 0.1) is 6.92 Å². The van der Waals surface area contributed by atoms with Crippen LogP contribution in [-0.2, 0) is 14.6 Å². The molecule has 35 heavy (non-hydrogen) atoms. The number of benzene rings is 2. The number of nitrogens with zero attached hydrogens (tertiary/aromatic N) is 1. The molecule has 1 aliphatic heterocycles. The minimum atomic E-state index is -3.13. The summed E-state index contributed by atoms with van der Waals surface area (Å²) in [6, 6.07) is 13.3. The van der Waals surface area contributed by atoms with Gasteiger partial charge in [0.15, 0.2) is 16.4 Å². The van der Waals surface area contributed by atoms with Crippen LogP contribution in [-0.4, -0.2) is 49.4 Å². The van der Waals surface area contributed by atoms with Gasteiger partial charge in [-0.2, -0.15) is 0 Å². The lowest BCUT2D eigenvalue weighted by atomic mass is 10.1. The van der Waals surface area contributed by atoms with Gasteiger partial charge in [0.1, 0.15) is 22.8 Å². The SMILES string of the molecule is CC[C@H](C)N(C(=O)COc1ccc2c(=O)c(Oc3ccccc3)c(C)oc2c1)[C@H]1CCS(=O)(=O)C1. The third-order valence-corrected chi connectivity index (χ3v) is 8.02. The van der Waals surface area contributed by atoms with E-state index >= 15 is 0 Å². The molecule has 4 rings (SSSR count). The molecule has 1 amide bonds. The first-order chi connectivity index (χ1) is 16.7. The molecule has 0 N–H and O–H groups in total. The van der Waals surface area contributed by atoms with Crippen LogP contribution in [0.1, 0.15) is 32.4 Å². The summed E-state index contributed by atoms with van der Waals surface area (Å²) in [6.07, 6.45) is 1.14. The highest BCUT2D eigenvalue weighted by Gasteiger charge is 2.36. The van der Waals surface area contributed by atoms with E-state index in [0.717, 1.165) is 0 Å². The molecule has 1 saturated heterocycles. The molecule has 0 radical (unpaired) electrons. The Kier molecular flexibility index (Phi) is 7.16. The Labute approximate surface area is 204 Å². The molecule has 2 heterocycles. The normalized spacial score (nSPS) is 17.7. The van der Waals surface area contributed by atoms with E-state index in [1.165, 1.54) is 0 Å². The van der Waals surface area contributed by atoms with Gasteiger partial charge in [-0.05, 0) is 51.0 Å². The van der Waals surface area contributed by atoms with E-state index in [1.54, 1.807) is 42.2 Å². The monoisotopic (exact) mass is 499 g/mol. The summed E-state index contributed by atoms with van der Waals surface area (Å²) in [7, 11) is -3.13. The third kappa shape index (κ3) is 5.51. The molecule has 1 aromatic heterocycles. The number of aryl methyl sites for hydroxylation is 1. The second-order valence-electron chi connectivity index (χ2n) is 8.79. The van der Waals surface area contributed by atoms with E-state index in [4.69, 9.17) is 13.9 Å². The molecule has 186 valence electrons. The van der Waals surface area contributed by atoms with Crippen LogP contribution < -0.4 is 14.9 Å². The topological polar surface area (TPSA) is 103 Å². The number of fused-ring (bicyclic) bond motifs is 1. The standard InChI is InChI=1S/C26H29NO7S/c1-4-17(2)27(19-12-13-35(30,31)16-19)24(28)15-32-21-10-11-22-23(14-21)33-18(3)26(25(22)29)34-20-8-6-5-7-9-20/h5-11,14,17,19H,4,12-13,15-16H2,1-3H3/t17-,19-/m0/s1. The third-order valence-electron chi connectivity index (χ3n) is 6.27. The first-order valence-electron chi connectivity index (χ1n) is 11.6. The Morgan fingerprint density at radius 2 is 1.91 bits per heavy atom. The van der Waals surface area contributed by atoms with Crippen molar-refractivity contribution in [1.82, 2.24) is 4.90 Å². The Morgan fingerprint density at radius 3 is 2.57 bits per heavy atom. The molecule has 8 nitrogen and oxygen atoms in total. The van der Waals surface area contributed by atoms with Crippen molar-refractivity contribution < 1.29 is 27.1 Å². The maximum Gasteiger partial charge on any atom is 0.261 e. The van der Waals surface area contributed by atoms with Crippen LogP contribution in [0.25, 0.3) is 11.0 Å². The van der Waals surface area contributed by atoms with Gasteiger partial charge >= 0.3 is 0 Å². The smallest absolute Gasteiger partial charge is 0.261 e. The molecular formula is C26H29NO7S. The van der Waals surface area contributed by atoms with Crippen LogP contribution in [0.2, 0.25) is 0 Å². The van der Waals surface area contributed by atoms with Crippen molar-refractivity contribution in [3.63, 3.8) is 0 Å². The molecule has 0 unspecified atom stereocenters. The quantitative estimate of drug-likeness (QED) is 0.460. The van der Waals surface area contributed by atoms with Gasteiger partial charge in [-0.1, -0.05) is 25.1 Å². The number of hydrogen-bond donors (Lipinski definition) is 0.